The van der Waals surface area contributed by atoms with E-state index in [9.17, 15) is 4.79 Å². The maximum Gasteiger partial charge on any atom is 0.253 e. The van der Waals surface area contributed by atoms with Gasteiger partial charge in [-0.25, -0.2) is 0 Å². The van der Waals surface area contributed by atoms with Crippen molar-refractivity contribution in [3.63, 3.8) is 0 Å². The lowest BCUT2D eigenvalue weighted by Gasteiger charge is -2.04. The number of amides is 1. The first-order valence-electron chi connectivity index (χ1n) is 6.11. The minimum atomic E-state index is -0.209. The van der Waals surface area contributed by atoms with Gasteiger partial charge in [-0.1, -0.05) is 17.9 Å². The van der Waals surface area contributed by atoms with E-state index in [1.54, 1.807) is 18.5 Å². The zero-order valence-electron chi connectivity index (χ0n) is 10.8. The molecular formula is C15H14N4O. The monoisotopic (exact) mass is 266 g/mol. The van der Waals surface area contributed by atoms with E-state index in [0.29, 0.717) is 17.7 Å². The fraction of sp³-hybridized carbons (Fsp3) is 0.133. The number of carbonyl (C=O) groups excluding carboxylic acids is 1. The molecule has 0 aliphatic rings. The third-order valence-electron chi connectivity index (χ3n) is 2.49. The molecule has 100 valence electrons. The maximum absolute atomic E-state index is 12.0. The molecule has 2 aromatic heterocycles. The fourth-order valence-electron chi connectivity index (χ4n) is 1.56. The van der Waals surface area contributed by atoms with Crippen molar-refractivity contribution in [2.75, 3.05) is 6.54 Å². The molecule has 0 radical (unpaired) electrons. The van der Waals surface area contributed by atoms with Gasteiger partial charge in [0, 0.05) is 24.2 Å². The van der Waals surface area contributed by atoms with Crippen molar-refractivity contribution in [3.8, 4) is 11.8 Å². The number of hydrogen-bond acceptors (Lipinski definition) is 4. The van der Waals surface area contributed by atoms with E-state index in [-0.39, 0.29) is 12.5 Å². The Morgan fingerprint density at radius 2 is 2.25 bits per heavy atom. The Morgan fingerprint density at radius 1 is 1.35 bits per heavy atom. The lowest BCUT2D eigenvalue weighted by Crippen LogP contribution is -2.23. The zero-order chi connectivity index (χ0) is 14.2. The Balaban J connectivity index is 2.02. The second-order valence-corrected chi connectivity index (χ2v) is 3.97. The molecule has 0 saturated heterocycles. The summed E-state index contributed by atoms with van der Waals surface area (Å²) in [4.78, 5) is 20.1. The van der Waals surface area contributed by atoms with Crippen LogP contribution in [0.15, 0.2) is 42.9 Å². The van der Waals surface area contributed by atoms with Crippen LogP contribution in [-0.4, -0.2) is 22.4 Å². The third kappa shape index (κ3) is 3.90. The number of nitrogens with zero attached hydrogens (tertiary/aromatic N) is 2. The van der Waals surface area contributed by atoms with E-state index in [1.165, 1.54) is 6.20 Å². The first-order valence-corrected chi connectivity index (χ1v) is 6.11. The van der Waals surface area contributed by atoms with Crippen LogP contribution >= 0.6 is 0 Å². The van der Waals surface area contributed by atoms with Gasteiger partial charge in [0.05, 0.1) is 24.3 Å². The predicted molar refractivity (Wildman–Crippen MR) is 75.6 cm³/mol. The average Bonchev–Trinajstić information content (AvgIpc) is 2.52. The van der Waals surface area contributed by atoms with E-state index in [1.807, 2.05) is 18.2 Å². The second kappa shape index (κ2) is 7.02. The highest BCUT2D eigenvalue weighted by molar-refractivity contribution is 5.94. The highest BCUT2D eigenvalue weighted by atomic mass is 16.1. The standard InChI is InChI=1S/C15H14N4O/c16-6-3-4-12-8-13(10-17-9-12)15(20)19-11-14-5-1-2-7-18-14/h1-2,5,7-10H,6,11,16H2,(H,19,20). The van der Waals surface area contributed by atoms with Crippen molar-refractivity contribution in [3.05, 3.63) is 59.7 Å². The van der Waals surface area contributed by atoms with Crippen molar-refractivity contribution >= 4 is 5.91 Å². The SMILES string of the molecule is NCC#Cc1cncc(C(=O)NCc2ccccn2)c1. The van der Waals surface area contributed by atoms with Gasteiger partial charge >= 0.3 is 0 Å². The van der Waals surface area contributed by atoms with Crippen LogP contribution in [0.3, 0.4) is 0 Å². The number of carbonyl (C=O) groups is 1. The first kappa shape index (κ1) is 13.7. The highest BCUT2D eigenvalue weighted by Crippen LogP contribution is 2.02. The van der Waals surface area contributed by atoms with Crippen molar-refractivity contribution < 1.29 is 4.79 Å². The summed E-state index contributed by atoms with van der Waals surface area (Å²) < 4.78 is 0. The smallest absolute Gasteiger partial charge is 0.253 e. The average molecular weight is 266 g/mol. The maximum atomic E-state index is 12.0. The van der Waals surface area contributed by atoms with Crippen molar-refractivity contribution in [1.82, 2.24) is 15.3 Å². The van der Waals surface area contributed by atoms with Gasteiger partial charge in [0.1, 0.15) is 0 Å². The molecule has 2 rings (SSSR count). The molecule has 0 bridgehead atoms. The number of nitrogens with one attached hydrogen (secondary N) is 1. The van der Waals surface area contributed by atoms with Gasteiger partial charge in [0.25, 0.3) is 5.91 Å². The van der Waals surface area contributed by atoms with Crippen LogP contribution in [0.1, 0.15) is 21.6 Å². The molecule has 5 heteroatoms. The summed E-state index contributed by atoms with van der Waals surface area (Å²) in [6.07, 6.45) is 4.78. The summed E-state index contributed by atoms with van der Waals surface area (Å²) in [6, 6.07) is 7.24. The molecule has 1 amide bonds. The predicted octanol–water partition coefficient (Wildman–Crippen LogP) is 0.717. The summed E-state index contributed by atoms with van der Waals surface area (Å²) >= 11 is 0. The van der Waals surface area contributed by atoms with Crippen LogP contribution in [0.25, 0.3) is 0 Å². The second-order valence-electron chi connectivity index (χ2n) is 3.97. The molecule has 2 heterocycles. The largest absolute Gasteiger partial charge is 0.346 e. The van der Waals surface area contributed by atoms with Crippen molar-refractivity contribution in [2.24, 2.45) is 5.73 Å². The van der Waals surface area contributed by atoms with E-state index in [2.05, 4.69) is 27.1 Å². The van der Waals surface area contributed by atoms with E-state index >= 15 is 0 Å². The Morgan fingerprint density at radius 3 is 3.00 bits per heavy atom. The normalized spacial score (nSPS) is 9.45. The van der Waals surface area contributed by atoms with E-state index < -0.39 is 0 Å². The Kier molecular flexibility index (Phi) is 4.81. The molecular weight excluding hydrogens is 252 g/mol. The van der Waals surface area contributed by atoms with Gasteiger partial charge in [-0.2, -0.15) is 0 Å². The molecule has 0 saturated carbocycles. The summed E-state index contributed by atoms with van der Waals surface area (Å²) in [6.45, 7) is 0.647. The number of pyridine rings is 2. The van der Waals surface area contributed by atoms with Crippen LogP contribution in [0.4, 0.5) is 0 Å². The summed E-state index contributed by atoms with van der Waals surface area (Å²) in [5, 5.41) is 2.78. The molecule has 5 nitrogen and oxygen atoms in total. The van der Waals surface area contributed by atoms with Gasteiger partial charge in [0.15, 0.2) is 0 Å². The minimum absolute atomic E-state index is 0.209. The summed E-state index contributed by atoms with van der Waals surface area (Å²) in [7, 11) is 0. The number of aromatic nitrogens is 2. The highest BCUT2D eigenvalue weighted by Gasteiger charge is 2.06. The quantitative estimate of drug-likeness (QED) is 0.802. The first-order chi connectivity index (χ1) is 9.79. The van der Waals surface area contributed by atoms with Gasteiger partial charge in [-0.05, 0) is 18.2 Å². The van der Waals surface area contributed by atoms with Crippen molar-refractivity contribution in [1.29, 1.82) is 0 Å². The summed E-state index contributed by atoms with van der Waals surface area (Å²) in [5.41, 5.74) is 7.24. The number of rotatable bonds is 3. The molecule has 0 fully saturated rings. The molecule has 3 N–H and O–H groups in total. The lowest BCUT2D eigenvalue weighted by molar-refractivity contribution is 0.0950. The molecule has 0 aliphatic heterocycles. The molecule has 0 unspecified atom stereocenters. The zero-order valence-corrected chi connectivity index (χ0v) is 10.8. The van der Waals surface area contributed by atoms with E-state index in [0.717, 1.165) is 5.69 Å². The van der Waals surface area contributed by atoms with E-state index in [4.69, 9.17) is 5.73 Å². The van der Waals surface area contributed by atoms with Crippen LogP contribution in [0.2, 0.25) is 0 Å². The van der Waals surface area contributed by atoms with Crippen molar-refractivity contribution in [2.45, 2.75) is 6.54 Å². The Bertz CT molecular complexity index is 644. The fourth-order valence-corrected chi connectivity index (χ4v) is 1.56. The number of hydrogen-bond donors (Lipinski definition) is 2. The van der Waals surface area contributed by atoms with Crippen LogP contribution in [0, 0.1) is 11.8 Å². The molecule has 0 aromatic carbocycles. The topological polar surface area (TPSA) is 80.9 Å². The van der Waals surface area contributed by atoms with Crippen LogP contribution in [0.5, 0.6) is 0 Å². The Labute approximate surface area is 117 Å². The molecule has 20 heavy (non-hydrogen) atoms. The molecule has 2 aromatic rings. The lowest BCUT2D eigenvalue weighted by atomic mass is 10.2. The van der Waals surface area contributed by atoms with Crippen LogP contribution < -0.4 is 11.1 Å². The minimum Gasteiger partial charge on any atom is -0.346 e. The van der Waals surface area contributed by atoms with Gasteiger partial charge in [-0.3, -0.25) is 14.8 Å². The van der Waals surface area contributed by atoms with Crippen LogP contribution in [-0.2, 0) is 6.54 Å². The van der Waals surface area contributed by atoms with Gasteiger partial charge < -0.3 is 11.1 Å². The summed E-state index contributed by atoms with van der Waals surface area (Å²) in [5.74, 6) is 5.36. The third-order valence-corrected chi connectivity index (χ3v) is 2.49. The van der Waals surface area contributed by atoms with Gasteiger partial charge in [0.2, 0.25) is 0 Å². The van der Waals surface area contributed by atoms with Gasteiger partial charge in [-0.15, -0.1) is 0 Å². The molecule has 0 spiro atoms. The molecule has 0 aliphatic carbocycles. The Hall–Kier alpha value is -2.71. The molecule has 0 atom stereocenters. The number of nitrogens with two attached hydrogens (primary N) is 1.